The summed E-state index contributed by atoms with van der Waals surface area (Å²) in [5.74, 6) is 0.778. The fourth-order valence-corrected chi connectivity index (χ4v) is 5.14. The number of nitrogens with one attached hydrogen (secondary N) is 3. The summed E-state index contributed by atoms with van der Waals surface area (Å²) < 4.78 is 0.779. The zero-order valence-electron chi connectivity index (χ0n) is 20.7. The minimum atomic E-state index is 0.253. The molecular formula is C27H38BrN5. The Kier molecular flexibility index (Phi) is 7.88. The maximum absolute atomic E-state index is 8.13. The number of hydrogen-bond acceptors (Lipinski definition) is 5. The molecule has 2 aliphatic rings. The summed E-state index contributed by atoms with van der Waals surface area (Å²) in [7, 11) is 0. The molecule has 5 nitrogen and oxygen atoms in total. The lowest BCUT2D eigenvalue weighted by Crippen LogP contribution is -2.39. The van der Waals surface area contributed by atoms with Gasteiger partial charge in [0.15, 0.2) is 0 Å². The Hall–Kier alpha value is -2.34. The number of dihydropyridines is 1. The van der Waals surface area contributed by atoms with E-state index < -0.39 is 0 Å². The molecule has 0 aliphatic carbocycles. The molecule has 6 heteroatoms. The number of rotatable bonds is 7. The van der Waals surface area contributed by atoms with Gasteiger partial charge >= 0.3 is 0 Å². The first kappa shape index (κ1) is 25.3. The van der Waals surface area contributed by atoms with Gasteiger partial charge in [-0.25, -0.2) is 4.98 Å². The van der Waals surface area contributed by atoms with Gasteiger partial charge in [-0.2, -0.15) is 0 Å². The van der Waals surface area contributed by atoms with Crippen LogP contribution in [0.2, 0.25) is 0 Å². The van der Waals surface area contributed by atoms with Crippen molar-refractivity contribution in [3.05, 3.63) is 69.3 Å². The quantitative estimate of drug-likeness (QED) is 0.287. The van der Waals surface area contributed by atoms with E-state index in [1.165, 1.54) is 23.1 Å². The zero-order valence-corrected chi connectivity index (χ0v) is 22.3. The predicted octanol–water partition coefficient (Wildman–Crippen LogP) is 6.55. The summed E-state index contributed by atoms with van der Waals surface area (Å²) in [6.07, 6.45) is 7.34. The Labute approximate surface area is 207 Å². The van der Waals surface area contributed by atoms with Crippen LogP contribution < -0.4 is 10.6 Å². The van der Waals surface area contributed by atoms with E-state index in [2.05, 4.69) is 78.4 Å². The molecule has 3 N–H and O–H groups in total. The zero-order chi connectivity index (χ0) is 24.3. The third kappa shape index (κ3) is 6.59. The van der Waals surface area contributed by atoms with Gasteiger partial charge in [0.05, 0.1) is 0 Å². The van der Waals surface area contributed by atoms with Crippen molar-refractivity contribution in [3.63, 3.8) is 0 Å². The molecule has 1 aromatic heterocycles. The van der Waals surface area contributed by atoms with Crippen molar-refractivity contribution < 1.29 is 0 Å². The van der Waals surface area contributed by atoms with E-state index in [0.29, 0.717) is 12.5 Å². The Morgan fingerprint density at radius 3 is 2.58 bits per heavy atom. The van der Waals surface area contributed by atoms with Crippen LogP contribution in [0.5, 0.6) is 0 Å². The maximum atomic E-state index is 8.13. The lowest BCUT2D eigenvalue weighted by molar-refractivity contribution is 0.242. The second-order valence-electron chi connectivity index (χ2n) is 10.5. The average molecular weight is 513 g/mol. The monoisotopic (exact) mass is 511 g/mol. The van der Waals surface area contributed by atoms with Crippen LogP contribution in [-0.4, -0.2) is 35.2 Å². The molecule has 3 heterocycles. The molecule has 0 unspecified atom stereocenters. The lowest BCUT2D eigenvalue weighted by Gasteiger charge is -2.37. The molecule has 1 aromatic rings. The number of hydrogen-bond donors (Lipinski definition) is 3. The second kappa shape index (κ2) is 10.3. The van der Waals surface area contributed by atoms with Gasteiger partial charge in [0, 0.05) is 54.4 Å². The fraction of sp³-hybridized carbons (Fsp3) is 0.481. The van der Waals surface area contributed by atoms with Gasteiger partial charge in [0.1, 0.15) is 10.4 Å². The number of pyridine rings is 1. The minimum Gasteiger partial charge on any atom is -0.375 e. The summed E-state index contributed by atoms with van der Waals surface area (Å²) in [6.45, 7) is 21.5. The average Bonchev–Trinajstić information content (AvgIpc) is 2.69. The van der Waals surface area contributed by atoms with E-state index in [4.69, 9.17) is 10.4 Å². The molecule has 33 heavy (non-hydrogen) atoms. The summed E-state index contributed by atoms with van der Waals surface area (Å²) in [6, 6.07) is 2.35. The molecule has 0 aromatic carbocycles. The Morgan fingerprint density at radius 1 is 1.33 bits per heavy atom. The van der Waals surface area contributed by atoms with Gasteiger partial charge in [-0.15, -0.1) is 0 Å². The first-order valence-corrected chi connectivity index (χ1v) is 12.5. The van der Waals surface area contributed by atoms with Crippen molar-refractivity contribution in [1.29, 1.82) is 5.41 Å². The number of anilines is 1. The normalized spacial score (nSPS) is 17.6. The lowest BCUT2D eigenvalue weighted by atomic mass is 9.90. The highest BCUT2D eigenvalue weighted by molar-refractivity contribution is 9.10. The number of allylic oxidation sites excluding steroid dienone is 5. The number of nitrogens with zero attached hydrogens (tertiary/aromatic N) is 2. The number of likely N-dealkylation sites (tertiary alicyclic amines) is 1. The summed E-state index contributed by atoms with van der Waals surface area (Å²) in [5.41, 5.74) is 7.79. The molecule has 1 saturated heterocycles. The van der Waals surface area contributed by atoms with Crippen LogP contribution >= 0.6 is 15.9 Å². The van der Waals surface area contributed by atoms with Crippen LogP contribution in [0.25, 0.3) is 0 Å². The SMILES string of the molecule is C=C1NC(C)=CC(C)=C1Cc1cc(Br)nc(NC2CCN(C(=C)CC(C)(C)C)CC2)c1C=N. The summed E-state index contributed by atoms with van der Waals surface area (Å²) >= 11 is 3.59. The van der Waals surface area contributed by atoms with Crippen LogP contribution in [0.4, 0.5) is 5.82 Å². The molecule has 2 aliphatic heterocycles. The van der Waals surface area contributed by atoms with Crippen LogP contribution in [0.15, 0.2) is 58.1 Å². The van der Waals surface area contributed by atoms with Crippen LogP contribution in [0, 0.1) is 10.8 Å². The summed E-state index contributed by atoms with van der Waals surface area (Å²) in [5, 5.41) is 15.1. The van der Waals surface area contributed by atoms with E-state index in [1.54, 1.807) is 0 Å². The third-order valence-corrected chi connectivity index (χ3v) is 6.67. The highest BCUT2D eigenvalue weighted by atomic mass is 79.9. The Morgan fingerprint density at radius 2 is 2.00 bits per heavy atom. The van der Waals surface area contributed by atoms with Crippen molar-refractivity contribution in [2.45, 2.75) is 66.3 Å². The van der Waals surface area contributed by atoms with Crippen LogP contribution in [0.3, 0.4) is 0 Å². The van der Waals surface area contributed by atoms with E-state index >= 15 is 0 Å². The third-order valence-electron chi connectivity index (χ3n) is 6.26. The van der Waals surface area contributed by atoms with E-state index in [-0.39, 0.29) is 5.41 Å². The van der Waals surface area contributed by atoms with Crippen molar-refractivity contribution in [3.8, 4) is 0 Å². The van der Waals surface area contributed by atoms with Crippen molar-refractivity contribution >= 4 is 28.0 Å². The van der Waals surface area contributed by atoms with Gasteiger partial charge in [0.2, 0.25) is 0 Å². The van der Waals surface area contributed by atoms with Crippen molar-refractivity contribution in [2.75, 3.05) is 18.4 Å². The largest absolute Gasteiger partial charge is 0.375 e. The van der Waals surface area contributed by atoms with Gasteiger partial charge in [0.25, 0.3) is 0 Å². The van der Waals surface area contributed by atoms with Crippen LogP contribution in [-0.2, 0) is 6.42 Å². The summed E-state index contributed by atoms with van der Waals surface area (Å²) in [4.78, 5) is 7.13. The smallest absolute Gasteiger partial charge is 0.136 e. The first-order chi connectivity index (χ1) is 15.5. The minimum absolute atomic E-state index is 0.253. The second-order valence-corrected chi connectivity index (χ2v) is 11.3. The molecule has 0 spiro atoms. The molecule has 0 radical (unpaired) electrons. The topological polar surface area (TPSA) is 64.0 Å². The van der Waals surface area contributed by atoms with E-state index in [9.17, 15) is 0 Å². The predicted molar refractivity (Wildman–Crippen MR) is 144 cm³/mol. The Balaban J connectivity index is 1.74. The standard InChI is InChI=1S/C27H38BrN5/c1-17-12-18(2)30-20(4)23(17)13-21-14-25(28)32-26(24(21)16-29)31-22-8-10-33(11-9-22)19(3)15-27(5,6)7/h12,14,16,22,29-30H,3-4,8-11,13,15H2,1-2,5-7H3,(H,31,32). The molecular weight excluding hydrogens is 474 g/mol. The first-order valence-electron chi connectivity index (χ1n) is 11.7. The number of aromatic nitrogens is 1. The van der Waals surface area contributed by atoms with Crippen molar-refractivity contribution in [1.82, 2.24) is 15.2 Å². The molecule has 0 atom stereocenters. The van der Waals surface area contributed by atoms with Crippen LogP contribution in [0.1, 0.15) is 65.0 Å². The number of halogens is 1. The van der Waals surface area contributed by atoms with E-state index in [1.807, 2.05) is 13.0 Å². The molecule has 0 amide bonds. The fourth-order valence-electron chi connectivity index (χ4n) is 4.68. The van der Waals surface area contributed by atoms with Crippen molar-refractivity contribution in [2.24, 2.45) is 5.41 Å². The van der Waals surface area contributed by atoms with Gasteiger partial charge in [-0.3, -0.25) is 0 Å². The van der Waals surface area contributed by atoms with Gasteiger partial charge in [-0.1, -0.05) is 33.9 Å². The van der Waals surface area contributed by atoms with Gasteiger partial charge < -0.3 is 20.9 Å². The maximum Gasteiger partial charge on any atom is 0.136 e. The molecule has 0 bridgehead atoms. The van der Waals surface area contributed by atoms with Gasteiger partial charge in [-0.05, 0) is 83.3 Å². The molecule has 3 rings (SSSR count). The number of piperidine rings is 1. The highest BCUT2D eigenvalue weighted by Gasteiger charge is 2.24. The molecule has 1 fully saturated rings. The Bertz CT molecular complexity index is 1000. The van der Waals surface area contributed by atoms with E-state index in [0.717, 1.165) is 65.3 Å². The molecule has 0 saturated carbocycles. The highest BCUT2D eigenvalue weighted by Crippen LogP contribution is 2.31. The molecule has 178 valence electrons.